The van der Waals surface area contributed by atoms with E-state index in [4.69, 9.17) is 9.88 Å². The molecule has 0 radical (unpaired) electrons. The van der Waals surface area contributed by atoms with Crippen molar-refractivity contribution in [2.24, 2.45) is 5.14 Å². The van der Waals surface area contributed by atoms with Crippen molar-refractivity contribution in [3.8, 4) is 23.1 Å². The first-order valence-corrected chi connectivity index (χ1v) is 8.19. The summed E-state index contributed by atoms with van der Waals surface area (Å²) in [6.45, 7) is 2.85. The Kier molecular flexibility index (Phi) is 4.28. The number of benzene rings is 2. The minimum atomic E-state index is 0.692. The molecule has 2 N–H and O–H groups in total. The summed E-state index contributed by atoms with van der Waals surface area (Å²) < 4.78 is 7.48. The van der Waals surface area contributed by atoms with Crippen LogP contribution < -0.4 is 9.88 Å². The van der Waals surface area contributed by atoms with Crippen LogP contribution in [0.15, 0.2) is 47.4 Å². The second-order valence-corrected chi connectivity index (χ2v) is 5.81. The van der Waals surface area contributed by atoms with Crippen LogP contribution in [0.2, 0.25) is 0 Å². The Hall–Kier alpha value is -2.42. The summed E-state index contributed by atoms with van der Waals surface area (Å²) >= 11 is 1.21. The number of methoxy groups -OCH3 is 1. The molecule has 3 rings (SSSR count). The van der Waals surface area contributed by atoms with E-state index in [2.05, 4.69) is 17.6 Å². The van der Waals surface area contributed by atoms with E-state index in [1.807, 2.05) is 42.5 Å². The summed E-state index contributed by atoms with van der Waals surface area (Å²) in [5.41, 5.74) is 3.65. The smallest absolute Gasteiger partial charge is 0.120 e. The maximum absolute atomic E-state index is 9.70. The number of ether oxygens (including phenoxy) is 1. The minimum Gasteiger partial charge on any atom is -0.497 e. The van der Waals surface area contributed by atoms with Crippen LogP contribution in [0.4, 0.5) is 0 Å². The van der Waals surface area contributed by atoms with E-state index in [1.54, 1.807) is 7.11 Å². The van der Waals surface area contributed by atoms with E-state index in [0.717, 1.165) is 39.4 Å². The van der Waals surface area contributed by atoms with Gasteiger partial charge in [-0.15, -0.1) is 0 Å². The molecule has 0 atom stereocenters. The van der Waals surface area contributed by atoms with Gasteiger partial charge in [-0.2, -0.15) is 5.26 Å². The number of hydrogen-bond donors (Lipinski definition) is 1. The third-order valence-electron chi connectivity index (χ3n) is 3.96. The number of nitrogens with two attached hydrogens (primary N) is 1. The molecule has 1 aromatic heterocycles. The molecule has 0 aliphatic heterocycles. The summed E-state index contributed by atoms with van der Waals surface area (Å²) in [7, 11) is 1.65. The second kappa shape index (κ2) is 6.37. The second-order valence-electron chi connectivity index (χ2n) is 5.10. The van der Waals surface area contributed by atoms with Gasteiger partial charge in [0, 0.05) is 22.9 Å². The summed E-state index contributed by atoms with van der Waals surface area (Å²) in [6, 6.07) is 16.1. The van der Waals surface area contributed by atoms with E-state index in [9.17, 15) is 5.26 Å². The molecule has 1 heterocycles. The molecular weight excluding hydrogens is 306 g/mol. The minimum absolute atomic E-state index is 0.692. The number of aromatic nitrogens is 1. The number of aryl methyl sites for hydroxylation is 1. The van der Waals surface area contributed by atoms with Crippen molar-refractivity contribution in [3.05, 3.63) is 48.0 Å². The molecule has 116 valence electrons. The molecule has 0 saturated heterocycles. The highest BCUT2D eigenvalue weighted by atomic mass is 32.2. The number of rotatable bonds is 4. The fraction of sp³-hybridized carbons (Fsp3) is 0.167. The van der Waals surface area contributed by atoms with E-state index in [-0.39, 0.29) is 0 Å². The third-order valence-corrected chi connectivity index (χ3v) is 4.51. The van der Waals surface area contributed by atoms with Crippen molar-refractivity contribution >= 4 is 22.9 Å². The van der Waals surface area contributed by atoms with Gasteiger partial charge in [0.1, 0.15) is 11.8 Å². The molecule has 0 fully saturated rings. The number of hydrogen-bond acceptors (Lipinski definition) is 4. The van der Waals surface area contributed by atoms with E-state index < -0.39 is 0 Å². The Balaban J connectivity index is 2.31. The van der Waals surface area contributed by atoms with Crippen LogP contribution in [0.3, 0.4) is 0 Å². The van der Waals surface area contributed by atoms with Crippen LogP contribution in [0.5, 0.6) is 5.75 Å². The molecule has 0 saturated carbocycles. The van der Waals surface area contributed by atoms with E-state index >= 15 is 0 Å². The normalized spacial score (nSPS) is 10.7. The van der Waals surface area contributed by atoms with Gasteiger partial charge >= 0.3 is 0 Å². The van der Waals surface area contributed by atoms with Crippen LogP contribution in [-0.2, 0) is 6.54 Å². The van der Waals surface area contributed by atoms with Gasteiger partial charge in [-0.25, -0.2) is 0 Å². The van der Waals surface area contributed by atoms with Crippen molar-refractivity contribution in [1.82, 2.24) is 4.57 Å². The van der Waals surface area contributed by atoms with E-state index in [1.165, 1.54) is 11.9 Å². The van der Waals surface area contributed by atoms with Crippen molar-refractivity contribution in [2.45, 2.75) is 18.4 Å². The summed E-state index contributed by atoms with van der Waals surface area (Å²) in [5, 5.41) is 16.2. The first-order valence-electron chi connectivity index (χ1n) is 7.31. The Bertz CT molecular complexity index is 891. The number of fused-ring (bicyclic) bond motifs is 1. The molecule has 0 bridgehead atoms. The summed E-state index contributed by atoms with van der Waals surface area (Å²) in [4.78, 5) is 0.994. The highest BCUT2D eigenvalue weighted by Gasteiger charge is 2.18. The van der Waals surface area contributed by atoms with Crippen molar-refractivity contribution in [2.75, 3.05) is 7.11 Å². The molecule has 4 nitrogen and oxygen atoms in total. The largest absolute Gasteiger partial charge is 0.497 e. The zero-order valence-corrected chi connectivity index (χ0v) is 13.9. The van der Waals surface area contributed by atoms with Crippen LogP contribution in [0.25, 0.3) is 22.2 Å². The van der Waals surface area contributed by atoms with Gasteiger partial charge in [-0.05, 0) is 48.7 Å². The fourth-order valence-corrected chi connectivity index (χ4v) is 3.18. The maximum Gasteiger partial charge on any atom is 0.120 e. The van der Waals surface area contributed by atoms with E-state index in [0.29, 0.717) is 5.56 Å². The molecule has 0 aliphatic rings. The Labute approximate surface area is 139 Å². The monoisotopic (exact) mass is 323 g/mol. The first-order chi connectivity index (χ1) is 11.2. The Morgan fingerprint density at radius 2 is 1.96 bits per heavy atom. The van der Waals surface area contributed by atoms with Gasteiger partial charge < -0.3 is 9.30 Å². The lowest BCUT2D eigenvalue weighted by Crippen LogP contribution is -1.98. The molecule has 0 unspecified atom stereocenters. The van der Waals surface area contributed by atoms with Crippen molar-refractivity contribution in [1.29, 1.82) is 5.26 Å². The molecule has 2 aromatic carbocycles. The molecular formula is C18H17N3OS. The van der Waals surface area contributed by atoms with Gasteiger partial charge in [0.25, 0.3) is 0 Å². The maximum atomic E-state index is 9.70. The quantitative estimate of drug-likeness (QED) is 0.732. The lowest BCUT2D eigenvalue weighted by molar-refractivity contribution is 0.415. The fourth-order valence-electron chi connectivity index (χ4n) is 2.89. The molecule has 5 heteroatoms. The average molecular weight is 323 g/mol. The third kappa shape index (κ3) is 2.56. The lowest BCUT2D eigenvalue weighted by Gasteiger charge is -2.09. The van der Waals surface area contributed by atoms with Gasteiger partial charge in [0.2, 0.25) is 0 Å². The standard InChI is InChI=1S/C18H17N3OS/c1-3-21-17-10-13(22-2)6-9-15(17)16(11-19)18(21)12-4-7-14(23-20)8-5-12/h4-10H,3,20H2,1-2H3. The summed E-state index contributed by atoms with van der Waals surface area (Å²) in [5.74, 6) is 0.788. The number of nitrogens with zero attached hydrogens (tertiary/aromatic N) is 2. The van der Waals surface area contributed by atoms with Crippen LogP contribution in [0, 0.1) is 11.3 Å². The van der Waals surface area contributed by atoms with Gasteiger partial charge in [0.15, 0.2) is 0 Å². The number of nitriles is 1. The highest BCUT2D eigenvalue weighted by molar-refractivity contribution is 7.97. The predicted octanol–water partition coefficient (Wildman–Crippen LogP) is 4.17. The molecule has 0 spiro atoms. The molecule has 3 aromatic rings. The van der Waals surface area contributed by atoms with Crippen LogP contribution in [0.1, 0.15) is 12.5 Å². The summed E-state index contributed by atoms with van der Waals surface area (Å²) in [6.07, 6.45) is 0. The Morgan fingerprint density at radius 1 is 1.22 bits per heavy atom. The van der Waals surface area contributed by atoms with Crippen molar-refractivity contribution < 1.29 is 4.74 Å². The lowest BCUT2D eigenvalue weighted by atomic mass is 10.1. The SMILES string of the molecule is CCn1c(-c2ccc(SN)cc2)c(C#N)c2ccc(OC)cc21. The van der Waals surface area contributed by atoms with Crippen LogP contribution >= 0.6 is 11.9 Å². The van der Waals surface area contributed by atoms with Gasteiger partial charge in [-0.1, -0.05) is 12.1 Å². The predicted molar refractivity (Wildman–Crippen MR) is 94.4 cm³/mol. The molecule has 0 aliphatic carbocycles. The highest BCUT2D eigenvalue weighted by Crippen LogP contribution is 2.35. The molecule has 0 amide bonds. The Morgan fingerprint density at radius 3 is 2.52 bits per heavy atom. The topological polar surface area (TPSA) is 64.0 Å². The molecule has 23 heavy (non-hydrogen) atoms. The van der Waals surface area contributed by atoms with Crippen LogP contribution in [-0.4, -0.2) is 11.7 Å². The first kappa shape index (κ1) is 15.5. The zero-order chi connectivity index (χ0) is 16.4. The van der Waals surface area contributed by atoms with Gasteiger partial charge in [0.05, 0.1) is 23.9 Å². The zero-order valence-electron chi connectivity index (χ0n) is 13.0. The van der Waals surface area contributed by atoms with Crippen molar-refractivity contribution in [3.63, 3.8) is 0 Å². The van der Waals surface area contributed by atoms with Gasteiger partial charge in [-0.3, -0.25) is 5.14 Å². The average Bonchev–Trinajstić information content (AvgIpc) is 2.94.